The lowest BCUT2D eigenvalue weighted by Crippen LogP contribution is -1.81. The van der Waals surface area contributed by atoms with Gasteiger partial charge in [-0.3, -0.25) is 0 Å². The fourth-order valence-electron chi connectivity index (χ4n) is 4.49. The molecule has 0 amide bonds. The van der Waals surface area contributed by atoms with E-state index in [9.17, 15) is 0 Å². The minimum atomic E-state index is 1.11. The van der Waals surface area contributed by atoms with E-state index < -0.39 is 0 Å². The minimum Gasteiger partial charge on any atom is -0.140 e. The Labute approximate surface area is 172 Å². The quantitative estimate of drug-likeness (QED) is 0.257. The van der Waals surface area contributed by atoms with E-state index in [0.29, 0.717) is 0 Å². The van der Waals surface area contributed by atoms with Gasteiger partial charge >= 0.3 is 0 Å². The van der Waals surface area contributed by atoms with Crippen molar-refractivity contribution in [2.24, 2.45) is 0 Å². The van der Waals surface area contributed by atoms with Gasteiger partial charge in [-0.15, -0.1) is 22.7 Å². The third-order valence-corrected chi connectivity index (χ3v) is 8.61. The first-order chi connectivity index (χ1) is 13.8. The summed E-state index contributed by atoms with van der Waals surface area (Å²) < 4.78 is 2.86. The lowest BCUT2D eigenvalue weighted by molar-refractivity contribution is 1.19. The van der Waals surface area contributed by atoms with E-state index in [2.05, 4.69) is 74.5 Å². The SMILES string of the molecule is CCc1cc2ccc3c4ccc5c(ccc6cc(CC)sc65)c4ccc3c2s1. The molecule has 0 N–H and O–H groups in total. The van der Waals surface area contributed by atoms with E-state index in [1.165, 1.54) is 62.2 Å². The highest BCUT2D eigenvalue weighted by atomic mass is 32.1. The predicted octanol–water partition coefficient (Wildman–Crippen LogP) is 8.70. The van der Waals surface area contributed by atoms with E-state index in [0.717, 1.165) is 12.8 Å². The van der Waals surface area contributed by atoms with Gasteiger partial charge in [0, 0.05) is 29.9 Å². The first kappa shape index (κ1) is 16.5. The van der Waals surface area contributed by atoms with Crippen molar-refractivity contribution in [2.75, 3.05) is 0 Å². The summed E-state index contributed by atoms with van der Waals surface area (Å²) in [4.78, 5) is 2.93. The molecule has 0 unspecified atom stereocenters. The molecule has 0 aliphatic heterocycles. The van der Waals surface area contributed by atoms with Crippen molar-refractivity contribution in [1.29, 1.82) is 0 Å². The van der Waals surface area contributed by atoms with Crippen LogP contribution >= 0.6 is 22.7 Å². The van der Waals surface area contributed by atoms with Gasteiger partial charge in [0.05, 0.1) is 0 Å². The maximum atomic E-state index is 2.35. The summed E-state index contributed by atoms with van der Waals surface area (Å²) in [7, 11) is 0. The standard InChI is InChI=1S/C26H20S2/c1-3-17-13-15-5-7-21-19-10-12-24-22(20(19)9-11-23(21)25(15)27-17)8-6-16-14-18(4-2)28-26(16)24/h5-14H,3-4H2,1-2H3. The molecule has 0 bridgehead atoms. The Morgan fingerprint density at radius 2 is 0.857 bits per heavy atom. The van der Waals surface area contributed by atoms with Gasteiger partial charge in [-0.05, 0) is 57.3 Å². The number of fused-ring (bicyclic) bond motifs is 9. The maximum absolute atomic E-state index is 2.35. The Balaban J connectivity index is 1.73. The average molecular weight is 397 g/mol. The number of aryl methyl sites for hydroxylation is 2. The molecule has 28 heavy (non-hydrogen) atoms. The van der Waals surface area contributed by atoms with Crippen molar-refractivity contribution in [2.45, 2.75) is 26.7 Å². The molecule has 2 heteroatoms. The van der Waals surface area contributed by atoms with E-state index in [4.69, 9.17) is 0 Å². The molecular weight excluding hydrogens is 376 g/mol. The molecule has 0 spiro atoms. The molecule has 2 aromatic heterocycles. The predicted molar refractivity (Wildman–Crippen MR) is 128 cm³/mol. The Morgan fingerprint density at radius 3 is 1.29 bits per heavy atom. The number of hydrogen-bond acceptors (Lipinski definition) is 2. The van der Waals surface area contributed by atoms with E-state index in [1.807, 2.05) is 22.7 Å². The first-order valence-electron chi connectivity index (χ1n) is 9.99. The molecule has 0 saturated carbocycles. The lowest BCUT2D eigenvalue weighted by atomic mass is 9.96. The molecule has 2 heterocycles. The van der Waals surface area contributed by atoms with Crippen LogP contribution in [0.15, 0.2) is 60.7 Å². The van der Waals surface area contributed by atoms with Crippen LogP contribution in [0.5, 0.6) is 0 Å². The highest BCUT2D eigenvalue weighted by molar-refractivity contribution is 7.20. The third kappa shape index (κ3) is 2.22. The molecule has 136 valence electrons. The normalized spacial score (nSPS) is 12.2. The van der Waals surface area contributed by atoms with Gasteiger partial charge in [0.2, 0.25) is 0 Å². The summed E-state index contributed by atoms with van der Waals surface area (Å²) in [6.45, 7) is 4.48. The number of rotatable bonds is 2. The molecule has 6 aromatic rings. The summed E-state index contributed by atoms with van der Waals surface area (Å²) in [5.74, 6) is 0. The fraction of sp³-hybridized carbons (Fsp3) is 0.154. The van der Waals surface area contributed by atoms with Gasteiger partial charge in [0.1, 0.15) is 0 Å². The zero-order chi connectivity index (χ0) is 18.8. The van der Waals surface area contributed by atoms with Crippen LogP contribution in [-0.4, -0.2) is 0 Å². The lowest BCUT2D eigenvalue weighted by Gasteiger charge is -2.09. The molecule has 0 nitrogen and oxygen atoms in total. The van der Waals surface area contributed by atoms with Gasteiger partial charge in [0.15, 0.2) is 0 Å². The van der Waals surface area contributed by atoms with Gasteiger partial charge in [-0.1, -0.05) is 62.4 Å². The molecule has 4 aromatic carbocycles. The van der Waals surface area contributed by atoms with Crippen LogP contribution in [0.2, 0.25) is 0 Å². The van der Waals surface area contributed by atoms with E-state index in [-0.39, 0.29) is 0 Å². The molecule has 6 rings (SSSR count). The van der Waals surface area contributed by atoms with Gasteiger partial charge in [-0.2, -0.15) is 0 Å². The van der Waals surface area contributed by atoms with Crippen molar-refractivity contribution in [1.82, 2.24) is 0 Å². The van der Waals surface area contributed by atoms with Crippen LogP contribution in [0.1, 0.15) is 23.6 Å². The Morgan fingerprint density at radius 1 is 0.500 bits per heavy atom. The second-order valence-electron chi connectivity index (χ2n) is 7.52. The molecular formula is C26H20S2. The van der Waals surface area contributed by atoms with Crippen molar-refractivity contribution in [3.8, 4) is 0 Å². The summed E-state index contributed by atoms with van der Waals surface area (Å²) in [6, 6.07) is 23.3. The van der Waals surface area contributed by atoms with E-state index in [1.54, 1.807) is 0 Å². The second-order valence-corrected chi connectivity index (χ2v) is 9.79. The third-order valence-electron chi connectivity index (χ3n) is 5.95. The number of hydrogen-bond donors (Lipinski definition) is 0. The minimum absolute atomic E-state index is 1.11. The molecule has 0 saturated heterocycles. The summed E-state index contributed by atoms with van der Waals surface area (Å²) in [5, 5.41) is 11.0. The van der Waals surface area contributed by atoms with E-state index >= 15 is 0 Å². The molecule has 0 fully saturated rings. The Kier molecular flexibility index (Phi) is 3.56. The van der Waals surface area contributed by atoms with Crippen molar-refractivity contribution >= 4 is 75.2 Å². The summed E-state index contributed by atoms with van der Waals surface area (Å²) >= 11 is 3.90. The van der Waals surface area contributed by atoms with Gasteiger partial charge in [-0.25, -0.2) is 0 Å². The molecule has 0 radical (unpaired) electrons. The highest BCUT2D eigenvalue weighted by Crippen LogP contribution is 2.40. The monoisotopic (exact) mass is 396 g/mol. The fourth-order valence-corrected chi connectivity index (χ4v) is 6.74. The highest BCUT2D eigenvalue weighted by Gasteiger charge is 2.11. The van der Waals surface area contributed by atoms with Crippen molar-refractivity contribution < 1.29 is 0 Å². The molecule has 0 aliphatic rings. The van der Waals surface area contributed by atoms with Crippen LogP contribution in [0.4, 0.5) is 0 Å². The van der Waals surface area contributed by atoms with Gasteiger partial charge < -0.3 is 0 Å². The molecule has 0 aliphatic carbocycles. The largest absolute Gasteiger partial charge is 0.140 e. The molecule has 0 atom stereocenters. The summed E-state index contributed by atoms with van der Waals surface area (Å²) in [5.41, 5.74) is 0. The first-order valence-corrected chi connectivity index (χ1v) is 11.6. The van der Waals surface area contributed by atoms with Crippen LogP contribution < -0.4 is 0 Å². The average Bonchev–Trinajstić information content (AvgIpc) is 3.36. The van der Waals surface area contributed by atoms with Crippen molar-refractivity contribution in [3.63, 3.8) is 0 Å². The topological polar surface area (TPSA) is 0 Å². The van der Waals surface area contributed by atoms with Crippen LogP contribution in [-0.2, 0) is 12.8 Å². The maximum Gasteiger partial charge on any atom is 0.0424 e. The second kappa shape index (κ2) is 6.04. The van der Waals surface area contributed by atoms with Crippen LogP contribution in [0.25, 0.3) is 52.5 Å². The van der Waals surface area contributed by atoms with Crippen LogP contribution in [0, 0.1) is 0 Å². The number of thiophene rings is 2. The zero-order valence-electron chi connectivity index (χ0n) is 16.0. The Bertz CT molecular complexity index is 1410. The zero-order valence-corrected chi connectivity index (χ0v) is 17.6. The van der Waals surface area contributed by atoms with Crippen LogP contribution in [0.3, 0.4) is 0 Å². The Hall–Kier alpha value is -2.42. The van der Waals surface area contributed by atoms with Crippen molar-refractivity contribution in [3.05, 3.63) is 70.4 Å². The van der Waals surface area contributed by atoms with Gasteiger partial charge in [0.25, 0.3) is 0 Å². The summed E-state index contributed by atoms with van der Waals surface area (Å²) in [6.07, 6.45) is 2.21. The smallest absolute Gasteiger partial charge is 0.0424 e. The number of benzene rings is 4.